The van der Waals surface area contributed by atoms with Crippen LogP contribution in [0.1, 0.15) is 43.1 Å². The fourth-order valence-corrected chi connectivity index (χ4v) is 3.92. The third-order valence-corrected chi connectivity index (χ3v) is 5.46. The Morgan fingerprint density at radius 3 is 2.61 bits per heavy atom. The zero-order valence-electron chi connectivity index (χ0n) is 14.8. The van der Waals surface area contributed by atoms with E-state index in [1.54, 1.807) is 18.2 Å². The highest BCUT2D eigenvalue weighted by molar-refractivity contribution is 9.10. The molecule has 4 rings (SSSR count). The maximum absolute atomic E-state index is 13.3. The normalized spacial score (nSPS) is 17.3. The van der Waals surface area contributed by atoms with Crippen LogP contribution in [0, 0.1) is 0 Å². The van der Waals surface area contributed by atoms with E-state index in [9.17, 15) is 18.0 Å². The highest BCUT2D eigenvalue weighted by Gasteiger charge is 2.43. The second kappa shape index (κ2) is 6.98. The molecule has 1 atom stereocenters. The SMILES string of the molecule is CC(C(=O)Nc1ccc2c(c1)OCCO2)n1nc(C(F)(F)F)c(Br)c1C1CC1. The van der Waals surface area contributed by atoms with Crippen LogP contribution < -0.4 is 14.8 Å². The van der Waals surface area contributed by atoms with E-state index in [-0.39, 0.29) is 10.4 Å². The van der Waals surface area contributed by atoms with Gasteiger partial charge in [0.15, 0.2) is 17.2 Å². The Kier molecular flexibility index (Phi) is 4.76. The summed E-state index contributed by atoms with van der Waals surface area (Å²) in [5.74, 6) is 0.598. The van der Waals surface area contributed by atoms with Crippen LogP contribution in [-0.2, 0) is 11.0 Å². The average Bonchev–Trinajstić information content (AvgIpc) is 3.42. The molecule has 1 fully saturated rings. The first-order valence-electron chi connectivity index (χ1n) is 8.81. The van der Waals surface area contributed by atoms with Crippen LogP contribution in [0.25, 0.3) is 0 Å². The Hall–Kier alpha value is -2.23. The second-order valence-corrected chi connectivity index (χ2v) is 7.58. The third-order valence-electron chi connectivity index (χ3n) is 4.68. The van der Waals surface area contributed by atoms with Crippen molar-refractivity contribution in [3.05, 3.63) is 34.1 Å². The van der Waals surface area contributed by atoms with Crippen molar-refractivity contribution in [2.24, 2.45) is 0 Å². The van der Waals surface area contributed by atoms with E-state index in [4.69, 9.17) is 9.47 Å². The smallest absolute Gasteiger partial charge is 0.436 e. The van der Waals surface area contributed by atoms with E-state index < -0.39 is 23.8 Å². The third kappa shape index (κ3) is 3.57. The zero-order chi connectivity index (χ0) is 20.1. The van der Waals surface area contributed by atoms with Gasteiger partial charge < -0.3 is 14.8 Å². The number of amides is 1. The van der Waals surface area contributed by atoms with E-state index >= 15 is 0 Å². The van der Waals surface area contributed by atoms with Gasteiger partial charge in [-0.2, -0.15) is 18.3 Å². The molecule has 0 bridgehead atoms. The molecule has 1 aliphatic heterocycles. The molecule has 6 nitrogen and oxygen atoms in total. The van der Waals surface area contributed by atoms with Crippen LogP contribution in [-0.4, -0.2) is 28.9 Å². The summed E-state index contributed by atoms with van der Waals surface area (Å²) in [6.07, 6.45) is -3.05. The van der Waals surface area contributed by atoms with Crippen molar-refractivity contribution in [3.8, 4) is 11.5 Å². The molecule has 1 aliphatic carbocycles. The number of aromatic nitrogens is 2. The molecule has 2 aromatic rings. The van der Waals surface area contributed by atoms with Gasteiger partial charge in [0, 0.05) is 17.7 Å². The fourth-order valence-electron chi connectivity index (χ4n) is 3.11. The van der Waals surface area contributed by atoms with Crippen LogP contribution in [0.3, 0.4) is 0 Å². The molecule has 1 saturated carbocycles. The van der Waals surface area contributed by atoms with Gasteiger partial charge in [0.2, 0.25) is 5.91 Å². The van der Waals surface area contributed by atoms with Gasteiger partial charge in [-0.15, -0.1) is 0 Å². The highest BCUT2D eigenvalue weighted by Crippen LogP contribution is 2.47. The molecule has 1 N–H and O–H groups in total. The van der Waals surface area contributed by atoms with Crippen LogP contribution in [0.4, 0.5) is 18.9 Å². The summed E-state index contributed by atoms with van der Waals surface area (Å²) < 4.78 is 51.8. The quantitative estimate of drug-likeness (QED) is 0.730. The van der Waals surface area contributed by atoms with Crippen LogP contribution in [0.5, 0.6) is 11.5 Å². The van der Waals surface area contributed by atoms with Gasteiger partial charge >= 0.3 is 6.18 Å². The van der Waals surface area contributed by atoms with E-state index in [0.717, 1.165) is 12.8 Å². The highest BCUT2D eigenvalue weighted by atomic mass is 79.9. The first kappa shape index (κ1) is 19.1. The van der Waals surface area contributed by atoms with Gasteiger partial charge in [-0.25, -0.2) is 0 Å². The predicted molar refractivity (Wildman–Crippen MR) is 97.7 cm³/mol. The standard InChI is InChI=1S/C18H17BrF3N3O3/c1-9(17(26)23-11-4-5-12-13(8-11)28-7-6-27-12)25-15(10-2-3-10)14(19)16(24-25)18(20,21)22/h4-5,8-10H,2-3,6-7H2,1H3,(H,23,26). The molecule has 1 unspecified atom stereocenters. The lowest BCUT2D eigenvalue weighted by molar-refractivity contribution is -0.142. The lowest BCUT2D eigenvalue weighted by Crippen LogP contribution is -2.26. The van der Waals surface area contributed by atoms with Crippen LogP contribution in [0.15, 0.2) is 22.7 Å². The first-order chi connectivity index (χ1) is 13.3. The van der Waals surface area contributed by atoms with Crippen molar-refractivity contribution in [1.82, 2.24) is 9.78 Å². The van der Waals surface area contributed by atoms with Crippen molar-refractivity contribution in [2.75, 3.05) is 18.5 Å². The number of anilines is 1. The van der Waals surface area contributed by atoms with Crippen molar-refractivity contribution in [3.63, 3.8) is 0 Å². The molecule has 1 amide bonds. The minimum atomic E-state index is -4.60. The average molecular weight is 460 g/mol. The first-order valence-corrected chi connectivity index (χ1v) is 9.60. The van der Waals surface area contributed by atoms with Crippen molar-refractivity contribution in [1.29, 1.82) is 0 Å². The van der Waals surface area contributed by atoms with E-state index in [1.165, 1.54) is 11.6 Å². The largest absolute Gasteiger partial charge is 0.486 e. The number of alkyl halides is 3. The summed E-state index contributed by atoms with van der Waals surface area (Å²) in [5.41, 5.74) is -0.123. The zero-order valence-corrected chi connectivity index (χ0v) is 16.4. The molecule has 0 saturated heterocycles. The minimum absolute atomic E-state index is 0.0254. The lowest BCUT2D eigenvalue weighted by atomic mass is 10.2. The summed E-state index contributed by atoms with van der Waals surface area (Å²) in [4.78, 5) is 12.7. The Bertz CT molecular complexity index is 925. The number of fused-ring (bicyclic) bond motifs is 1. The number of hydrogen-bond acceptors (Lipinski definition) is 4. The van der Waals surface area contributed by atoms with Gasteiger partial charge in [0.1, 0.15) is 19.3 Å². The number of nitrogens with one attached hydrogen (secondary N) is 1. The summed E-state index contributed by atoms with van der Waals surface area (Å²) in [6, 6.07) is 4.04. The maximum atomic E-state index is 13.3. The number of carbonyl (C=O) groups excluding carboxylic acids is 1. The van der Waals surface area contributed by atoms with Crippen molar-refractivity contribution < 1.29 is 27.4 Å². The fraction of sp³-hybridized carbons (Fsp3) is 0.444. The molecular weight excluding hydrogens is 443 g/mol. The summed E-state index contributed by atoms with van der Waals surface area (Å²) in [7, 11) is 0. The van der Waals surface area contributed by atoms with Crippen LogP contribution >= 0.6 is 15.9 Å². The number of nitrogens with zero attached hydrogens (tertiary/aromatic N) is 2. The van der Waals surface area contributed by atoms with Gasteiger partial charge in [0.05, 0.1) is 10.2 Å². The molecule has 150 valence electrons. The molecule has 10 heteroatoms. The van der Waals surface area contributed by atoms with Crippen LogP contribution in [0.2, 0.25) is 0 Å². The second-order valence-electron chi connectivity index (χ2n) is 6.79. The Balaban J connectivity index is 1.59. The molecule has 1 aromatic heterocycles. The van der Waals surface area contributed by atoms with Gasteiger partial charge in [0.25, 0.3) is 0 Å². The minimum Gasteiger partial charge on any atom is -0.486 e. The van der Waals surface area contributed by atoms with Gasteiger partial charge in [-0.05, 0) is 47.8 Å². The molecule has 0 radical (unpaired) electrons. The van der Waals surface area contributed by atoms with E-state index in [0.29, 0.717) is 36.1 Å². The number of halogens is 4. The summed E-state index contributed by atoms with van der Waals surface area (Å²) >= 11 is 3.04. The molecule has 0 spiro atoms. The molecule has 28 heavy (non-hydrogen) atoms. The number of ether oxygens (including phenoxy) is 2. The summed E-state index contributed by atoms with van der Waals surface area (Å²) in [5, 5.41) is 6.43. The number of carbonyl (C=O) groups is 1. The van der Waals surface area contributed by atoms with E-state index in [2.05, 4.69) is 26.3 Å². The monoisotopic (exact) mass is 459 g/mol. The van der Waals surface area contributed by atoms with Gasteiger partial charge in [-0.1, -0.05) is 0 Å². The van der Waals surface area contributed by atoms with E-state index in [1.807, 2.05) is 0 Å². The summed E-state index contributed by atoms with van der Waals surface area (Å²) in [6.45, 7) is 2.39. The number of benzene rings is 1. The molecule has 1 aromatic carbocycles. The molecular formula is C18H17BrF3N3O3. The van der Waals surface area contributed by atoms with Crippen molar-refractivity contribution >= 4 is 27.5 Å². The lowest BCUT2D eigenvalue weighted by Gasteiger charge is -2.20. The Labute approximate surface area is 167 Å². The van der Waals surface area contributed by atoms with Gasteiger partial charge in [-0.3, -0.25) is 9.48 Å². The molecule has 2 heterocycles. The Morgan fingerprint density at radius 2 is 1.96 bits per heavy atom. The number of hydrogen-bond donors (Lipinski definition) is 1. The predicted octanol–water partition coefficient (Wildman–Crippen LogP) is 4.51. The van der Waals surface area contributed by atoms with Crippen molar-refractivity contribution in [2.45, 2.75) is 37.9 Å². The topological polar surface area (TPSA) is 65.4 Å². The Morgan fingerprint density at radius 1 is 1.29 bits per heavy atom. The number of rotatable bonds is 4. The maximum Gasteiger partial charge on any atom is 0.436 e. The molecule has 2 aliphatic rings.